The second-order valence-corrected chi connectivity index (χ2v) is 3.84. The van der Waals surface area contributed by atoms with E-state index in [9.17, 15) is 9.59 Å². The minimum absolute atomic E-state index is 0.0461. The van der Waals surface area contributed by atoms with Gasteiger partial charge in [-0.2, -0.15) is 0 Å². The summed E-state index contributed by atoms with van der Waals surface area (Å²) < 4.78 is 0. The zero-order chi connectivity index (χ0) is 10.4. The van der Waals surface area contributed by atoms with Crippen molar-refractivity contribution < 1.29 is 9.59 Å². The first-order valence-electron chi connectivity index (χ1n) is 4.98. The van der Waals surface area contributed by atoms with Gasteiger partial charge in [0.05, 0.1) is 11.4 Å². The number of anilines is 2. The molecule has 15 heavy (non-hydrogen) atoms. The highest BCUT2D eigenvalue weighted by molar-refractivity contribution is 6.11. The zero-order valence-corrected chi connectivity index (χ0v) is 8.12. The summed E-state index contributed by atoms with van der Waals surface area (Å²) >= 11 is 0. The molecule has 0 saturated carbocycles. The molecule has 1 N–H and O–H groups in total. The Bertz CT molecular complexity index is 468. The molecule has 0 spiro atoms. The van der Waals surface area contributed by atoms with E-state index in [0.717, 1.165) is 23.4 Å². The summed E-state index contributed by atoms with van der Waals surface area (Å²) in [6.45, 7) is 0.156. The lowest BCUT2D eigenvalue weighted by molar-refractivity contribution is -0.122. The first kappa shape index (κ1) is 8.47. The summed E-state index contributed by atoms with van der Waals surface area (Å²) in [5.41, 5.74) is 2.80. The summed E-state index contributed by atoms with van der Waals surface area (Å²) in [5.74, 6) is -0.0697. The van der Waals surface area contributed by atoms with Crippen LogP contribution in [0.4, 0.5) is 11.4 Å². The van der Waals surface area contributed by atoms with E-state index >= 15 is 0 Å². The SMILES string of the molecule is O=C1CN2C(=O)CCc3cccc(c32)N1. The lowest BCUT2D eigenvalue weighted by Gasteiger charge is -2.34. The Balaban J connectivity index is 2.22. The van der Waals surface area contributed by atoms with Gasteiger partial charge in [-0.1, -0.05) is 12.1 Å². The highest BCUT2D eigenvalue weighted by atomic mass is 16.2. The standard InChI is InChI=1S/C11H10N2O2/c14-9-6-13-10(15)5-4-7-2-1-3-8(12-9)11(7)13/h1-3H,4-6H2,(H,12,14). The predicted molar refractivity (Wildman–Crippen MR) is 55.7 cm³/mol. The average Bonchev–Trinajstić information content (AvgIpc) is 2.23. The number of hydrogen-bond donors (Lipinski definition) is 1. The van der Waals surface area contributed by atoms with Gasteiger partial charge in [0.2, 0.25) is 11.8 Å². The Morgan fingerprint density at radius 1 is 1.20 bits per heavy atom. The number of nitrogens with zero attached hydrogens (tertiary/aromatic N) is 1. The van der Waals surface area contributed by atoms with Crippen LogP contribution in [0.3, 0.4) is 0 Å². The van der Waals surface area contributed by atoms with Gasteiger partial charge in [-0.3, -0.25) is 9.59 Å². The van der Waals surface area contributed by atoms with Gasteiger partial charge in [0, 0.05) is 6.42 Å². The first-order chi connectivity index (χ1) is 7.25. The molecule has 0 radical (unpaired) electrons. The maximum atomic E-state index is 11.7. The molecule has 1 aromatic rings. The molecule has 0 bridgehead atoms. The molecule has 4 nitrogen and oxygen atoms in total. The van der Waals surface area contributed by atoms with Crippen LogP contribution in [0.25, 0.3) is 0 Å². The predicted octanol–water partition coefficient (Wildman–Crippen LogP) is 0.918. The van der Waals surface area contributed by atoms with Gasteiger partial charge in [0.25, 0.3) is 0 Å². The van der Waals surface area contributed by atoms with Crippen molar-refractivity contribution >= 4 is 23.2 Å². The fourth-order valence-corrected chi connectivity index (χ4v) is 2.21. The molecule has 2 heterocycles. The van der Waals surface area contributed by atoms with Crippen LogP contribution in [0.1, 0.15) is 12.0 Å². The van der Waals surface area contributed by atoms with Crippen molar-refractivity contribution in [3.8, 4) is 0 Å². The highest BCUT2D eigenvalue weighted by Gasteiger charge is 2.31. The number of para-hydroxylation sites is 1. The van der Waals surface area contributed by atoms with Crippen LogP contribution < -0.4 is 10.2 Å². The fourth-order valence-electron chi connectivity index (χ4n) is 2.21. The van der Waals surface area contributed by atoms with Gasteiger partial charge in [-0.05, 0) is 18.1 Å². The number of carbonyl (C=O) groups excluding carboxylic acids is 2. The van der Waals surface area contributed by atoms with E-state index in [2.05, 4.69) is 5.32 Å². The van der Waals surface area contributed by atoms with Crippen molar-refractivity contribution in [2.45, 2.75) is 12.8 Å². The second-order valence-electron chi connectivity index (χ2n) is 3.84. The minimum atomic E-state index is -0.116. The third kappa shape index (κ3) is 1.14. The summed E-state index contributed by atoms with van der Waals surface area (Å²) in [6.07, 6.45) is 1.28. The molecule has 1 aromatic carbocycles. The largest absolute Gasteiger partial charge is 0.323 e. The lowest BCUT2D eigenvalue weighted by Crippen LogP contribution is -2.44. The monoisotopic (exact) mass is 202 g/mol. The summed E-state index contributed by atoms with van der Waals surface area (Å²) in [6, 6.07) is 5.75. The Kier molecular flexibility index (Phi) is 1.59. The number of amides is 2. The van der Waals surface area contributed by atoms with E-state index in [1.54, 1.807) is 4.90 Å². The van der Waals surface area contributed by atoms with Crippen LogP contribution in [0.2, 0.25) is 0 Å². The van der Waals surface area contributed by atoms with Crippen molar-refractivity contribution in [1.82, 2.24) is 0 Å². The summed E-state index contributed by atoms with van der Waals surface area (Å²) in [7, 11) is 0. The number of nitrogens with one attached hydrogen (secondary N) is 1. The number of hydrogen-bond acceptors (Lipinski definition) is 2. The molecule has 2 amide bonds. The number of carbonyl (C=O) groups is 2. The topological polar surface area (TPSA) is 49.4 Å². The Hall–Kier alpha value is -1.84. The molecule has 4 heteroatoms. The van der Waals surface area contributed by atoms with Crippen LogP contribution >= 0.6 is 0 Å². The maximum absolute atomic E-state index is 11.7. The molecule has 3 rings (SSSR count). The summed E-state index contributed by atoms with van der Waals surface area (Å²) in [4.78, 5) is 24.6. The van der Waals surface area contributed by atoms with Crippen LogP contribution in [0.15, 0.2) is 18.2 Å². The third-order valence-corrected chi connectivity index (χ3v) is 2.87. The number of benzene rings is 1. The molecule has 0 saturated heterocycles. The quantitative estimate of drug-likeness (QED) is 0.680. The lowest BCUT2D eigenvalue weighted by atomic mass is 9.98. The average molecular weight is 202 g/mol. The molecule has 0 aromatic heterocycles. The van der Waals surface area contributed by atoms with Gasteiger partial charge in [-0.25, -0.2) is 0 Å². The number of rotatable bonds is 0. The van der Waals surface area contributed by atoms with E-state index < -0.39 is 0 Å². The summed E-state index contributed by atoms with van der Waals surface area (Å²) in [5, 5.41) is 2.79. The maximum Gasteiger partial charge on any atom is 0.244 e. The third-order valence-electron chi connectivity index (χ3n) is 2.87. The molecule has 0 fully saturated rings. The normalized spacial score (nSPS) is 18.5. The van der Waals surface area contributed by atoms with Gasteiger partial charge in [-0.15, -0.1) is 0 Å². The fraction of sp³-hybridized carbons (Fsp3) is 0.273. The molecular weight excluding hydrogens is 192 g/mol. The van der Waals surface area contributed by atoms with Crippen molar-refractivity contribution in [3.63, 3.8) is 0 Å². The molecule has 0 aliphatic carbocycles. The molecule has 2 aliphatic rings. The van der Waals surface area contributed by atoms with E-state index in [1.807, 2.05) is 18.2 Å². The molecule has 2 aliphatic heterocycles. The van der Waals surface area contributed by atoms with Crippen LogP contribution in [-0.2, 0) is 16.0 Å². The van der Waals surface area contributed by atoms with Gasteiger partial charge < -0.3 is 10.2 Å². The Morgan fingerprint density at radius 3 is 2.93 bits per heavy atom. The van der Waals surface area contributed by atoms with E-state index in [4.69, 9.17) is 0 Å². The second kappa shape index (κ2) is 2.82. The van der Waals surface area contributed by atoms with Crippen molar-refractivity contribution in [1.29, 1.82) is 0 Å². The van der Waals surface area contributed by atoms with Crippen LogP contribution in [0.5, 0.6) is 0 Å². The number of aryl methyl sites for hydroxylation is 1. The van der Waals surface area contributed by atoms with Crippen molar-refractivity contribution in [2.75, 3.05) is 16.8 Å². The highest BCUT2D eigenvalue weighted by Crippen LogP contribution is 2.36. The molecule has 76 valence electrons. The van der Waals surface area contributed by atoms with Crippen LogP contribution in [-0.4, -0.2) is 18.4 Å². The molecule has 0 unspecified atom stereocenters. The smallest absolute Gasteiger partial charge is 0.244 e. The Labute approximate surface area is 86.9 Å². The van der Waals surface area contributed by atoms with E-state index in [-0.39, 0.29) is 18.4 Å². The minimum Gasteiger partial charge on any atom is -0.323 e. The Morgan fingerprint density at radius 2 is 2.07 bits per heavy atom. The van der Waals surface area contributed by atoms with Gasteiger partial charge in [0.1, 0.15) is 6.54 Å². The van der Waals surface area contributed by atoms with Gasteiger partial charge >= 0.3 is 0 Å². The molecular formula is C11H10N2O2. The van der Waals surface area contributed by atoms with Crippen LogP contribution in [0, 0.1) is 0 Å². The zero-order valence-electron chi connectivity index (χ0n) is 8.12. The van der Waals surface area contributed by atoms with Crippen molar-refractivity contribution in [2.24, 2.45) is 0 Å². The first-order valence-corrected chi connectivity index (χ1v) is 4.98. The van der Waals surface area contributed by atoms with Gasteiger partial charge in [0.15, 0.2) is 0 Å². The van der Waals surface area contributed by atoms with E-state index in [1.165, 1.54) is 0 Å². The van der Waals surface area contributed by atoms with Crippen molar-refractivity contribution in [3.05, 3.63) is 23.8 Å². The van der Waals surface area contributed by atoms with E-state index in [0.29, 0.717) is 6.42 Å². The molecule has 0 atom stereocenters.